The molecule has 2 rings (SSSR count). The van der Waals surface area contributed by atoms with Gasteiger partial charge in [0.15, 0.2) is 0 Å². The van der Waals surface area contributed by atoms with E-state index < -0.39 is 11.7 Å². The number of hydrogen-bond donors (Lipinski definition) is 0. The van der Waals surface area contributed by atoms with Crippen LogP contribution >= 0.6 is 11.6 Å². The molecule has 1 aliphatic rings. The molecular weight excluding hydrogens is 265 g/mol. The molecule has 100 valence electrons. The molecule has 6 heteroatoms. The van der Waals surface area contributed by atoms with Crippen molar-refractivity contribution in [3.8, 4) is 0 Å². The highest BCUT2D eigenvalue weighted by atomic mass is 35.5. The fraction of sp³-hybridized carbons (Fsp3) is 0.583. The Morgan fingerprint density at radius 3 is 2.44 bits per heavy atom. The van der Waals surface area contributed by atoms with Crippen molar-refractivity contribution in [1.82, 2.24) is 4.98 Å². The second kappa shape index (κ2) is 4.96. The lowest BCUT2D eigenvalue weighted by atomic mass is 9.99. The summed E-state index contributed by atoms with van der Waals surface area (Å²) in [5, 5.41) is 0.0689. The standard InChI is InChI=1S/C12H14ClF3N2/c1-8-2-4-18(5-3-8)11-10(13)6-9(7-17-11)12(14,15)16/h6-8H,2-5H2,1H3. The van der Waals surface area contributed by atoms with E-state index in [2.05, 4.69) is 11.9 Å². The fourth-order valence-electron chi connectivity index (χ4n) is 2.04. The van der Waals surface area contributed by atoms with E-state index >= 15 is 0 Å². The maximum Gasteiger partial charge on any atom is 0.417 e. The van der Waals surface area contributed by atoms with Gasteiger partial charge in [0.2, 0.25) is 0 Å². The van der Waals surface area contributed by atoms with Crippen molar-refractivity contribution >= 4 is 17.4 Å². The summed E-state index contributed by atoms with van der Waals surface area (Å²) in [5.41, 5.74) is -0.804. The van der Waals surface area contributed by atoms with Gasteiger partial charge in [-0.25, -0.2) is 4.98 Å². The zero-order chi connectivity index (χ0) is 13.3. The van der Waals surface area contributed by atoms with Crippen LogP contribution in [-0.2, 0) is 6.18 Å². The smallest absolute Gasteiger partial charge is 0.355 e. The Morgan fingerprint density at radius 1 is 1.33 bits per heavy atom. The maximum atomic E-state index is 12.5. The van der Waals surface area contributed by atoms with E-state index in [1.54, 1.807) is 0 Å². The lowest BCUT2D eigenvalue weighted by Gasteiger charge is -2.31. The summed E-state index contributed by atoms with van der Waals surface area (Å²) >= 11 is 5.90. The quantitative estimate of drug-likeness (QED) is 0.772. The number of pyridine rings is 1. The van der Waals surface area contributed by atoms with E-state index in [0.717, 1.165) is 38.2 Å². The summed E-state index contributed by atoms with van der Waals surface area (Å²) in [6.45, 7) is 3.75. The largest absolute Gasteiger partial charge is 0.417 e. The number of halogens is 4. The number of nitrogens with zero attached hydrogens (tertiary/aromatic N) is 2. The van der Waals surface area contributed by atoms with Crippen molar-refractivity contribution in [2.75, 3.05) is 18.0 Å². The van der Waals surface area contributed by atoms with Gasteiger partial charge in [0, 0.05) is 19.3 Å². The zero-order valence-corrected chi connectivity index (χ0v) is 10.7. The van der Waals surface area contributed by atoms with Crippen LogP contribution in [0.2, 0.25) is 5.02 Å². The van der Waals surface area contributed by atoms with Gasteiger partial charge in [-0.2, -0.15) is 13.2 Å². The Bertz CT molecular complexity index is 426. The Morgan fingerprint density at radius 2 is 1.94 bits per heavy atom. The fourth-order valence-corrected chi connectivity index (χ4v) is 2.32. The first kappa shape index (κ1) is 13.5. The Hall–Kier alpha value is -0.970. The molecule has 1 saturated heterocycles. The molecule has 0 aliphatic carbocycles. The lowest BCUT2D eigenvalue weighted by Crippen LogP contribution is -2.33. The van der Waals surface area contributed by atoms with Gasteiger partial charge in [-0.3, -0.25) is 0 Å². The van der Waals surface area contributed by atoms with Gasteiger partial charge in [-0.1, -0.05) is 18.5 Å². The molecule has 0 amide bonds. The van der Waals surface area contributed by atoms with E-state index in [1.807, 2.05) is 4.90 Å². The van der Waals surface area contributed by atoms with E-state index in [4.69, 9.17) is 11.6 Å². The molecule has 0 aromatic carbocycles. The molecule has 0 bridgehead atoms. The monoisotopic (exact) mass is 278 g/mol. The first-order valence-electron chi connectivity index (χ1n) is 5.85. The second-order valence-corrected chi connectivity index (χ2v) is 5.10. The highest BCUT2D eigenvalue weighted by Gasteiger charge is 2.32. The SMILES string of the molecule is CC1CCN(c2ncc(C(F)(F)F)cc2Cl)CC1. The first-order valence-corrected chi connectivity index (χ1v) is 6.23. The average molecular weight is 279 g/mol. The number of piperidine rings is 1. The van der Waals surface area contributed by atoms with Gasteiger partial charge in [-0.05, 0) is 24.8 Å². The molecule has 1 aliphatic heterocycles. The minimum Gasteiger partial charge on any atom is -0.355 e. The van der Waals surface area contributed by atoms with Gasteiger partial charge < -0.3 is 4.90 Å². The van der Waals surface area contributed by atoms with Crippen molar-refractivity contribution in [2.45, 2.75) is 25.9 Å². The molecule has 0 atom stereocenters. The summed E-state index contributed by atoms with van der Waals surface area (Å²) in [6, 6.07) is 0.946. The van der Waals surface area contributed by atoms with Gasteiger partial charge in [-0.15, -0.1) is 0 Å². The number of hydrogen-bond acceptors (Lipinski definition) is 2. The lowest BCUT2D eigenvalue weighted by molar-refractivity contribution is -0.137. The average Bonchev–Trinajstić information content (AvgIpc) is 2.29. The summed E-state index contributed by atoms with van der Waals surface area (Å²) < 4.78 is 37.4. The molecular formula is C12H14ClF3N2. The van der Waals surface area contributed by atoms with Crippen LogP contribution < -0.4 is 4.90 Å². The van der Waals surface area contributed by atoms with Crippen LogP contribution in [0.25, 0.3) is 0 Å². The molecule has 1 aromatic heterocycles. The summed E-state index contributed by atoms with van der Waals surface area (Å²) in [4.78, 5) is 5.81. The minimum atomic E-state index is -4.40. The van der Waals surface area contributed by atoms with E-state index in [9.17, 15) is 13.2 Å². The van der Waals surface area contributed by atoms with Gasteiger partial charge in [0.05, 0.1) is 10.6 Å². The van der Waals surface area contributed by atoms with Crippen molar-refractivity contribution in [1.29, 1.82) is 0 Å². The van der Waals surface area contributed by atoms with Crippen molar-refractivity contribution in [3.05, 3.63) is 22.8 Å². The van der Waals surface area contributed by atoms with E-state index in [0.29, 0.717) is 11.7 Å². The Labute approximate surface area is 109 Å². The summed E-state index contributed by atoms with van der Waals surface area (Å²) in [7, 11) is 0. The van der Waals surface area contributed by atoms with Crippen LogP contribution in [0, 0.1) is 5.92 Å². The molecule has 0 saturated carbocycles. The summed E-state index contributed by atoms with van der Waals surface area (Å²) in [6.07, 6.45) is -1.52. The highest BCUT2D eigenvalue weighted by Crippen LogP contribution is 2.34. The number of anilines is 1. The van der Waals surface area contributed by atoms with Crippen molar-refractivity contribution < 1.29 is 13.2 Å². The molecule has 1 aromatic rings. The molecule has 0 radical (unpaired) electrons. The highest BCUT2D eigenvalue weighted by molar-refractivity contribution is 6.33. The summed E-state index contributed by atoms with van der Waals surface area (Å²) in [5.74, 6) is 1.10. The predicted octanol–water partition coefficient (Wildman–Crippen LogP) is 3.99. The van der Waals surface area contributed by atoms with Gasteiger partial charge in [0.25, 0.3) is 0 Å². The first-order chi connectivity index (χ1) is 8.38. The molecule has 2 nitrogen and oxygen atoms in total. The van der Waals surface area contributed by atoms with Crippen LogP contribution in [0.5, 0.6) is 0 Å². The molecule has 0 unspecified atom stereocenters. The Kier molecular flexibility index (Phi) is 3.71. The molecule has 2 heterocycles. The Balaban J connectivity index is 2.20. The third-order valence-corrected chi connectivity index (χ3v) is 3.51. The van der Waals surface area contributed by atoms with Crippen LogP contribution in [0.1, 0.15) is 25.3 Å². The zero-order valence-electron chi connectivity index (χ0n) is 9.97. The molecule has 0 N–H and O–H groups in total. The molecule has 1 fully saturated rings. The van der Waals surface area contributed by atoms with Crippen molar-refractivity contribution in [2.24, 2.45) is 5.92 Å². The van der Waals surface area contributed by atoms with E-state index in [-0.39, 0.29) is 5.02 Å². The number of rotatable bonds is 1. The van der Waals surface area contributed by atoms with Crippen LogP contribution in [0.4, 0.5) is 19.0 Å². The van der Waals surface area contributed by atoms with Crippen molar-refractivity contribution in [3.63, 3.8) is 0 Å². The van der Waals surface area contributed by atoms with Gasteiger partial charge in [0.1, 0.15) is 5.82 Å². The number of aromatic nitrogens is 1. The van der Waals surface area contributed by atoms with Crippen LogP contribution in [-0.4, -0.2) is 18.1 Å². The third kappa shape index (κ3) is 2.88. The van der Waals surface area contributed by atoms with E-state index in [1.165, 1.54) is 0 Å². The minimum absolute atomic E-state index is 0.0689. The number of alkyl halides is 3. The van der Waals surface area contributed by atoms with Crippen LogP contribution in [0.3, 0.4) is 0 Å². The molecule has 0 spiro atoms. The van der Waals surface area contributed by atoms with Crippen LogP contribution in [0.15, 0.2) is 12.3 Å². The second-order valence-electron chi connectivity index (χ2n) is 4.70. The topological polar surface area (TPSA) is 16.1 Å². The normalized spacial score (nSPS) is 18.2. The predicted molar refractivity (Wildman–Crippen MR) is 64.9 cm³/mol. The van der Waals surface area contributed by atoms with Gasteiger partial charge >= 0.3 is 6.18 Å². The third-order valence-electron chi connectivity index (χ3n) is 3.23. The molecule has 18 heavy (non-hydrogen) atoms. The maximum absolute atomic E-state index is 12.5.